The zero-order valence-corrected chi connectivity index (χ0v) is 12.1. The van der Waals surface area contributed by atoms with Gasteiger partial charge in [0.15, 0.2) is 0 Å². The number of halogens is 1. The number of hydrogen-bond donors (Lipinski definition) is 1. The Hall–Kier alpha value is -0.420. The van der Waals surface area contributed by atoms with Crippen molar-refractivity contribution in [3.63, 3.8) is 0 Å². The van der Waals surface area contributed by atoms with E-state index in [2.05, 4.69) is 63.4 Å². The molecular weight excluding hydrogens is 278 g/mol. The van der Waals surface area contributed by atoms with E-state index >= 15 is 0 Å². The van der Waals surface area contributed by atoms with E-state index in [4.69, 9.17) is 0 Å². The van der Waals surface area contributed by atoms with Gasteiger partial charge < -0.3 is 4.90 Å². The highest BCUT2D eigenvalue weighted by Gasteiger charge is 2.12. The molecule has 0 unspecified atom stereocenters. The molecule has 1 aromatic rings. The molecule has 0 atom stereocenters. The molecular formula is C13H20BrN3. The van der Waals surface area contributed by atoms with Crippen LogP contribution in [0.3, 0.4) is 0 Å². The van der Waals surface area contributed by atoms with Gasteiger partial charge in [0.2, 0.25) is 0 Å². The fourth-order valence-corrected chi connectivity index (χ4v) is 2.23. The fourth-order valence-electron chi connectivity index (χ4n) is 1.98. The number of benzene rings is 1. The van der Waals surface area contributed by atoms with Crippen LogP contribution >= 0.6 is 15.9 Å². The summed E-state index contributed by atoms with van der Waals surface area (Å²) < 4.78 is 1.18. The fraction of sp³-hybridized carbons (Fsp3) is 0.538. The molecule has 1 N–H and O–H groups in total. The van der Waals surface area contributed by atoms with E-state index in [1.807, 2.05) is 0 Å². The number of rotatable bonds is 3. The Morgan fingerprint density at radius 2 is 1.94 bits per heavy atom. The number of nitrogens with zero attached hydrogens (tertiary/aromatic N) is 2. The molecule has 4 heteroatoms. The highest BCUT2D eigenvalue weighted by atomic mass is 79.9. The molecule has 1 fully saturated rings. The highest BCUT2D eigenvalue weighted by Crippen LogP contribution is 2.17. The first-order chi connectivity index (χ1) is 8.15. The van der Waals surface area contributed by atoms with E-state index in [0.29, 0.717) is 0 Å². The van der Waals surface area contributed by atoms with Crippen molar-refractivity contribution in [2.24, 2.45) is 0 Å². The quantitative estimate of drug-likeness (QED) is 0.921. The Balaban J connectivity index is 1.83. The van der Waals surface area contributed by atoms with Crippen LogP contribution in [0.4, 0.5) is 0 Å². The third-order valence-corrected chi connectivity index (χ3v) is 4.12. The smallest absolute Gasteiger partial charge is 0.0353 e. The highest BCUT2D eigenvalue weighted by molar-refractivity contribution is 9.10. The van der Waals surface area contributed by atoms with Crippen LogP contribution in [0.5, 0.6) is 0 Å². The van der Waals surface area contributed by atoms with Gasteiger partial charge in [-0.3, -0.25) is 5.43 Å². The summed E-state index contributed by atoms with van der Waals surface area (Å²) >= 11 is 3.53. The van der Waals surface area contributed by atoms with Gasteiger partial charge in [0.1, 0.15) is 0 Å². The second-order valence-corrected chi connectivity index (χ2v) is 5.56. The van der Waals surface area contributed by atoms with Crippen molar-refractivity contribution >= 4 is 15.9 Å². The molecule has 94 valence electrons. The normalized spacial score (nSPS) is 18.5. The van der Waals surface area contributed by atoms with Crippen LogP contribution in [-0.4, -0.2) is 43.1 Å². The largest absolute Gasteiger partial charge is 0.304 e. The first-order valence-electron chi connectivity index (χ1n) is 6.07. The monoisotopic (exact) mass is 297 g/mol. The summed E-state index contributed by atoms with van der Waals surface area (Å²) in [6.45, 7) is 7.54. The number of aryl methyl sites for hydroxylation is 1. The lowest BCUT2D eigenvalue weighted by Gasteiger charge is -2.32. The van der Waals surface area contributed by atoms with Gasteiger partial charge >= 0.3 is 0 Å². The molecule has 1 aromatic carbocycles. The third-order valence-electron chi connectivity index (χ3n) is 3.23. The van der Waals surface area contributed by atoms with Gasteiger partial charge in [-0.15, -0.1) is 0 Å². The molecule has 17 heavy (non-hydrogen) atoms. The summed E-state index contributed by atoms with van der Waals surface area (Å²) in [4.78, 5) is 2.36. The van der Waals surface area contributed by atoms with Crippen molar-refractivity contribution in [1.82, 2.24) is 15.3 Å². The number of hydrazine groups is 1. The molecule has 1 heterocycles. The maximum absolute atomic E-state index is 3.53. The lowest BCUT2D eigenvalue weighted by atomic mass is 10.1. The molecule has 2 rings (SSSR count). The van der Waals surface area contributed by atoms with Crippen molar-refractivity contribution in [3.05, 3.63) is 33.8 Å². The molecule has 0 spiro atoms. The van der Waals surface area contributed by atoms with Crippen molar-refractivity contribution in [2.45, 2.75) is 13.5 Å². The van der Waals surface area contributed by atoms with Gasteiger partial charge in [0.25, 0.3) is 0 Å². The maximum atomic E-state index is 3.53. The van der Waals surface area contributed by atoms with Crippen LogP contribution < -0.4 is 5.43 Å². The summed E-state index contributed by atoms with van der Waals surface area (Å²) in [5.74, 6) is 0. The molecule has 0 amide bonds. The van der Waals surface area contributed by atoms with Crippen LogP contribution in [0, 0.1) is 6.92 Å². The Kier molecular flexibility index (Phi) is 4.56. The predicted octanol–water partition coefficient (Wildman–Crippen LogP) is 2.01. The zero-order valence-electron chi connectivity index (χ0n) is 10.5. The van der Waals surface area contributed by atoms with E-state index in [1.54, 1.807) is 0 Å². The molecule has 0 saturated carbocycles. The molecule has 0 aliphatic carbocycles. The Morgan fingerprint density at radius 1 is 1.24 bits per heavy atom. The Labute approximate surface area is 112 Å². The maximum Gasteiger partial charge on any atom is 0.0353 e. The molecule has 0 bridgehead atoms. The van der Waals surface area contributed by atoms with Gasteiger partial charge in [0.05, 0.1) is 0 Å². The lowest BCUT2D eigenvalue weighted by molar-refractivity contribution is 0.102. The molecule has 0 aromatic heterocycles. The molecule has 3 nitrogen and oxygen atoms in total. The number of piperazine rings is 1. The SMILES string of the molecule is Cc1cc(CNN2CCN(C)CC2)ccc1Br. The Bertz CT molecular complexity index is 373. The van der Waals surface area contributed by atoms with E-state index in [0.717, 1.165) is 32.7 Å². The van der Waals surface area contributed by atoms with Crippen LogP contribution in [0.15, 0.2) is 22.7 Å². The number of likely N-dealkylation sites (N-methyl/N-ethyl adjacent to an activating group) is 1. The Morgan fingerprint density at radius 3 is 2.59 bits per heavy atom. The number of nitrogens with one attached hydrogen (secondary N) is 1. The van der Waals surface area contributed by atoms with E-state index < -0.39 is 0 Å². The van der Waals surface area contributed by atoms with Gasteiger partial charge in [-0.05, 0) is 31.2 Å². The van der Waals surface area contributed by atoms with Gasteiger partial charge in [0, 0.05) is 37.2 Å². The standard InChI is InChI=1S/C13H20BrN3/c1-11-9-12(3-4-13(11)14)10-15-17-7-5-16(2)6-8-17/h3-4,9,15H,5-8,10H2,1-2H3. The second-order valence-electron chi connectivity index (χ2n) is 4.71. The average molecular weight is 298 g/mol. The van der Waals surface area contributed by atoms with Gasteiger partial charge in [-0.2, -0.15) is 0 Å². The van der Waals surface area contributed by atoms with Crippen molar-refractivity contribution in [3.8, 4) is 0 Å². The van der Waals surface area contributed by atoms with Crippen LogP contribution in [-0.2, 0) is 6.54 Å². The minimum absolute atomic E-state index is 0.915. The molecule has 1 saturated heterocycles. The second kappa shape index (κ2) is 5.96. The molecule has 0 radical (unpaired) electrons. The average Bonchev–Trinajstić information content (AvgIpc) is 2.33. The van der Waals surface area contributed by atoms with Crippen LogP contribution in [0.1, 0.15) is 11.1 Å². The van der Waals surface area contributed by atoms with Crippen LogP contribution in [0.25, 0.3) is 0 Å². The van der Waals surface area contributed by atoms with E-state index in [1.165, 1.54) is 15.6 Å². The predicted molar refractivity (Wildman–Crippen MR) is 74.8 cm³/mol. The zero-order chi connectivity index (χ0) is 12.3. The van der Waals surface area contributed by atoms with Gasteiger partial charge in [-0.1, -0.05) is 28.1 Å². The first kappa shape index (κ1) is 13.0. The summed E-state index contributed by atoms with van der Waals surface area (Å²) in [5, 5.41) is 2.32. The minimum atomic E-state index is 0.915. The number of hydrogen-bond acceptors (Lipinski definition) is 3. The lowest BCUT2D eigenvalue weighted by Crippen LogP contribution is -2.50. The summed E-state index contributed by atoms with van der Waals surface area (Å²) in [5.41, 5.74) is 6.13. The summed E-state index contributed by atoms with van der Waals surface area (Å²) in [7, 11) is 2.18. The minimum Gasteiger partial charge on any atom is -0.304 e. The first-order valence-corrected chi connectivity index (χ1v) is 6.86. The van der Waals surface area contributed by atoms with Crippen molar-refractivity contribution in [1.29, 1.82) is 0 Å². The van der Waals surface area contributed by atoms with Crippen molar-refractivity contribution in [2.75, 3.05) is 33.2 Å². The van der Waals surface area contributed by atoms with E-state index in [9.17, 15) is 0 Å². The molecule has 1 aliphatic heterocycles. The van der Waals surface area contributed by atoms with Gasteiger partial charge in [-0.25, -0.2) is 5.01 Å². The van der Waals surface area contributed by atoms with Crippen LogP contribution in [0.2, 0.25) is 0 Å². The summed E-state index contributed by atoms with van der Waals surface area (Å²) in [6, 6.07) is 6.52. The third kappa shape index (κ3) is 3.78. The topological polar surface area (TPSA) is 18.5 Å². The van der Waals surface area contributed by atoms with Crippen molar-refractivity contribution < 1.29 is 0 Å². The summed E-state index contributed by atoms with van der Waals surface area (Å²) in [6.07, 6.45) is 0. The molecule has 1 aliphatic rings. The van der Waals surface area contributed by atoms with E-state index in [-0.39, 0.29) is 0 Å².